The maximum atomic E-state index is 11.9. The minimum absolute atomic E-state index is 0.00741. The summed E-state index contributed by atoms with van der Waals surface area (Å²) in [7, 11) is 4.12. The van der Waals surface area contributed by atoms with Crippen molar-refractivity contribution in [2.75, 3.05) is 33.8 Å². The summed E-state index contributed by atoms with van der Waals surface area (Å²) in [6.07, 6.45) is 1.07. The van der Waals surface area contributed by atoms with Gasteiger partial charge in [0, 0.05) is 22.7 Å². The Bertz CT molecular complexity index is 527. The van der Waals surface area contributed by atoms with E-state index in [1.54, 1.807) is 6.07 Å². The largest absolute Gasteiger partial charge is 0.483 e. The number of carbonyl (C=O) groups excluding carboxylic acids is 1. The van der Waals surface area contributed by atoms with Gasteiger partial charge in [-0.05, 0) is 72.6 Å². The zero-order valence-electron chi connectivity index (χ0n) is 15.4. The average molecular weight is 356 g/mol. The first-order chi connectivity index (χ1) is 11.2. The molecule has 0 aliphatic heterocycles. The zero-order valence-corrected chi connectivity index (χ0v) is 16.2. The molecule has 0 bridgehead atoms. The van der Waals surface area contributed by atoms with Crippen LogP contribution >= 0.6 is 11.6 Å². The highest BCUT2D eigenvalue weighted by Crippen LogP contribution is 2.23. The number of rotatable bonds is 9. The van der Waals surface area contributed by atoms with Gasteiger partial charge in [-0.1, -0.05) is 11.6 Å². The van der Waals surface area contributed by atoms with Crippen LogP contribution in [0.25, 0.3) is 0 Å². The van der Waals surface area contributed by atoms with Crippen molar-refractivity contribution < 1.29 is 9.53 Å². The van der Waals surface area contributed by atoms with Gasteiger partial charge in [-0.25, -0.2) is 0 Å². The average Bonchev–Trinajstić information content (AvgIpc) is 2.43. The first-order valence-corrected chi connectivity index (χ1v) is 8.63. The standard InChI is InChI=1S/C18H30ClN3O2/c1-18(2,3)21-17(23)13-24-16-8-7-15(19)11-14(16)12-20-9-6-10-22(4)5/h7-8,11,20H,6,9-10,12-13H2,1-5H3,(H,21,23). The van der Waals surface area contributed by atoms with Crippen molar-refractivity contribution in [1.82, 2.24) is 15.5 Å². The van der Waals surface area contributed by atoms with Gasteiger partial charge in [0.05, 0.1) is 0 Å². The maximum absolute atomic E-state index is 11.9. The van der Waals surface area contributed by atoms with E-state index in [0.29, 0.717) is 17.3 Å². The summed E-state index contributed by atoms with van der Waals surface area (Å²) in [5.41, 5.74) is 0.688. The molecular formula is C18H30ClN3O2. The Hall–Kier alpha value is -1.30. The lowest BCUT2D eigenvalue weighted by Gasteiger charge is -2.21. The van der Waals surface area contributed by atoms with Crippen LogP contribution in [-0.4, -0.2) is 50.1 Å². The third kappa shape index (κ3) is 9.11. The summed E-state index contributed by atoms with van der Waals surface area (Å²) in [4.78, 5) is 14.0. The second kappa shape index (κ2) is 9.87. The number of amides is 1. The number of hydrogen-bond acceptors (Lipinski definition) is 4. The summed E-state index contributed by atoms with van der Waals surface area (Å²) in [5, 5.41) is 6.92. The van der Waals surface area contributed by atoms with Crippen LogP contribution in [0.5, 0.6) is 5.75 Å². The lowest BCUT2D eigenvalue weighted by molar-refractivity contribution is -0.124. The molecule has 0 fully saturated rings. The van der Waals surface area contributed by atoms with Gasteiger partial charge >= 0.3 is 0 Å². The zero-order chi connectivity index (χ0) is 18.2. The molecule has 0 aromatic heterocycles. The Balaban J connectivity index is 2.53. The van der Waals surface area contributed by atoms with Crippen molar-refractivity contribution in [3.8, 4) is 5.75 Å². The Morgan fingerprint density at radius 3 is 2.62 bits per heavy atom. The van der Waals surface area contributed by atoms with E-state index in [1.807, 2.05) is 32.9 Å². The molecule has 0 spiro atoms. The van der Waals surface area contributed by atoms with Gasteiger partial charge in [0.1, 0.15) is 5.75 Å². The minimum Gasteiger partial charge on any atom is -0.483 e. The second-order valence-corrected chi connectivity index (χ2v) is 7.61. The van der Waals surface area contributed by atoms with Crippen LogP contribution in [0.3, 0.4) is 0 Å². The van der Waals surface area contributed by atoms with E-state index < -0.39 is 0 Å². The van der Waals surface area contributed by atoms with E-state index in [2.05, 4.69) is 29.6 Å². The monoisotopic (exact) mass is 355 g/mol. The van der Waals surface area contributed by atoms with Gasteiger partial charge in [-0.2, -0.15) is 0 Å². The molecule has 2 N–H and O–H groups in total. The molecule has 5 nitrogen and oxygen atoms in total. The molecule has 0 unspecified atom stereocenters. The molecule has 0 saturated carbocycles. The van der Waals surface area contributed by atoms with E-state index in [4.69, 9.17) is 16.3 Å². The van der Waals surface area contributed by atoms with Crippen molar-refractivity contribution in [3.63, 3.8) is 0 Å². The van der Waals surface area contributed by atoms with E-state index in [9.17, 15) is 4.79 Å². The first kappa shape index (κ1) is 20.7. The number of hydrogen-bond donors (Lipinski definition) is 2. The molecule has 0 saturated heterocycles. The van der Waals surface area contributed by atoms with Crippen molar-refractivity contribution in [2.45, 2.75) is 39.3 Å². The minimum atomic E-state index is -0.267. The van der Waals surface area contributed by atoms with Crippen molar-refractivity contribution in [2.24, 2.45) is 0 Å². The number of nitrogens with zero attached hydrogens (tertiary/aromatic N) is 1. The Kier molecular flexibility index (Phi) is 8.53. The van der Waals surface area contributed by atoms with Crippen molar-refractivity contribution in [1.29, 1.82) is 0 Å². The second-order valence-electron chi connectivity index (χ2n) is 7.17. The van der Waals surface area contributed by atoms with E-state index in [1.165, 1.54) is 0 Å². The number of halogens is 1. The van der Waals surface area contributed by atoms with Crippen molar-refractivity contribution >= 4 is 17.5 Å². The van der Waals surface area contributed by atoms with Gasteiger partial charge in [-0.15, -0.1) is 0 Å². The molecule has 1 rings (SSSR count). The topological polar surface area (TPSA) is 53.6 Å². The number of benzene rings is 1. The van der Waals surface area contributed by atoms with Gasteiger partial charge in [0.15, 0.2) is 6.61 Å². The molecule has 6 heteroatoms. The van der Waals surface area contributed by atoms with Crippen LogP contribution < -0.4 is 15.4 Å². The fraction of sp³-hybridized carbons (Fsp3) is 0.611. The fourth-order valence-corrected chi connectivity index (χ4v) is 2.36. The Morgan fingerprint density at radius 1 is 1.29 bits per heavy atom. The Morgan fingerprint density at radius 2 is 2.00 bits per heavy atom. The van der Waals surface area contributed by atoms with Gasteiger partial charge in [0.2, 0.25) is 0 Å². The molecule has 0 aliphatic carbocycles. The fourth-order valence-electron chi connectivity index (χ4n) is 2.17. The lowest BCUT2D eigenvalue weighted by atomic mass is 10.1. The highest BCUT2D eigenvalue weighted by molar-refractivity contribution is 6.30. The van der Waals surface area contributed by atoms with Crippen LogP contribution in [0.4, 0.5) is 0 Å². The Labute approximate surface area is 150 Å². The predicted molar refractivity (Wildman–Crippen MR) is 99.7 cm³/mol. The summed E-state index contributed by atoms with van der Waals surface area (Å²) in [6.45, 7) is 8.42. The molecule has 0 aliphatic rings. The molecule has 0 radical (unpaired) electrons. The summed E-state index contributed by atoms with van der Waals surface area (Å²) < 4.78 is 5.68. The molecule has 1 aromatic rings. The molecule has 24 heavy (non-hydrogen) atoms. The number of ether oxygens (including phenoxy) is 1. The third-order valence-electron chi connectivity index (χ3n) is 3.17. The van der Waals surface area contributed by atoms with E-state index in [0.717, 1.165) is 25.1 Å². The maximum Gasteiger partial charge on any atom is 0.258 e. The third-order valence-corrected chi connectivity index (χ3v) is 3.41. The van der Waals surface area contributed by atoms with E-state index >= 15 is 0 Å². The van der Waals surface area contributed by atoms with E-state index in [-0.39, 0.29) is 18.1 Å². The quantitative estimate of drug-likeness (QED) is 0.669. The number of carbonyl (C=O) groups is 1. The van der Waals surface area contributed by atoms with Gasteiger partial charge in [-0.3, -0.25) is 4.79 Å². The summed E-state index contributed by atoms with van der Waals surface area (Å²) in [5.74, 6) is 0.547. The van der Waals surface area contributed by atoms with Crippen LogP contribution in [0, 0.1) is 0 Å². The smallest absolute Gasteiger partial charge is 0.258 e. The number of nitrogens with one attached hydrogen (secondary N) is 2. The lowest BCUT2D eigenvalue weighted by Crippen LogP contribution is -2.43. The first-order valence-electron chi connectivity index (χ1n) is 8.25. The summed E-state index contributed by atoms with van der Waals surface area (Å²) >= 11 is 6.08. The van der Waals surface area contributed by atoms with Crippen LogP contribution in [0.1, 0.15) is 32.8 Å². The van der Waals surface area contributed by atoms with Crippen LogP contribution in [-0.2, 0) is 11.3 Å². The molecular weight excluding hydrogens is 326 g/mol. The highest BCUT2D eigenvalue weighted by atomic mass is 35.5. The molecule has 1 aromatic carbocycles. The van der Waals surface area contributed by atoms with Gasteiger partial charge < -0.3 is 20.3 Å². The highest BCUT2D eigenvalue weighted by Gasteiger charge is 2.14. The van der Waals surface area contributed by atoms with Gasteiger partial charge in [0.25, 0.3) is 5.91 Å². The SMILES string of the molecule is CN(C)CCCNCc1cc(Cl)ccc1OCC(=O)NC(C)(C)C. The normalized spacial score (nSPS) is 11.6. The molecule has 1 amide bonds. The van der Waals surface area contributed by atoms with Crippen LogP contribution in [0.15, 0.2) is 18.2 Å². The molecule has 136 valence electrons. The molecule has 0 atom stereocenters. The van der Waals surface area contributed by atoms with Crippen molar-refractivity contribution in [3.05, 3.63) is 28.8 Å². The predicted octanol–water partition coefficient (Wildman–Crippen LogP) is 2.67. The van der Waals surface area contributed by atoms with Crippen LogP contribution in [0.2, 0.25) is 5.02 Å². The summed E-state index contributed by atoms with van der Waals surface area (Å²) in [6, 6.07) is 5.45. The molecule has 0 heterocycles.